The van der Waals surface area contributed by atoms with Crippen LogP contribution in [0.4, 0.5) is 21.5 Å². The molecule has 0 aromatic heterocycles. The first-order valence-corrected chi connectivity index (χ1v) is 10.9. The Kier molecular flexibility index (Phi) is 5.52. The SMILES string of the molecule is O=C(Nc1ccc(N2CCOCC2)c(F)c1)C1C2CN(Cc3ccc([N+](=O)[O-])cc3)CC21. The van der Waals surface area contributed by atoms with Crippen molar-refractivity contribution in [3.63, 3.8) is 0 Å². The number of benzene rings is 2. The number of piperidine rings is 1. The van der Waals surface area contributed by atoms with E-state index in [1.165, 1.54) is 18.2 Å². The molecule has 0 spiro atoms. The zero-order valence-electron chi connectivity index (χ0n) is 17.6. The molecule has 5 rings (SSSR count). The Morgan fingerprint density at radius 1 is 1.12 bits per heavy atom. The maximum absolute atomic E-state index is 14.6. The van der Waals surface area contributed by atoms with Gasteiger partial charge in [0.2, 0.25) is 5.91 Å². The summed E-state index contributed by atoms with van der Waals surface area (Å²) in [6.45, 7) is 4.85. The van der Waals surface area contributed by atoms with Gasteiger partial charge in [0, 0.05) is 56.5 Å². The van der Waals surface area contributed by atoms with Gasteiger partial charge in [-0.3, -0.25) is 19.8 Å². The minimum Gasteiger partial charge on any atom is -0.378 e. The Labute approximate surface area is 185 Å². The molecule has 1 amide bonds. The van der Waals surface area contributed by atoms with E-state index in [0.29, 0.717) is 56.1 Å². The molecule has 9 heteroatoms. The second kappa shape index (κ2) is 8.48. The molecule has 2 aromatic rings. The number of nitro benzene ring substituents is 1. The van der Waals surface area contributed by atoms with E-state index in [1.54, 1.807) is 24.3 Å². The molecule has 32 heavy (non-hydrogen) atoms. The minimum atomic E-state index is -0.403. The smallest absolute Gasteiger partial charge is 0.269 e. The molecule has 0 bridgehead atoms. The highest BCUT2D eigenvalue weighted by Gasteiger charge is 2.59. The number of carbonyl (C=O) groups excluding carboxylic acids is 1. The summed E-state index contributed by atoms with van der Waals surface area (Å²) in [7, 11) is 0. The van der Waals surface area contributed by atoms with Gasteiger partial charge in [-0.05, 0) is 35.6 Å². The van der Waals surface area contributed by atoms with Crippen molar-refractivity contribution < 1.29 is 18.8 Å². The monoisotopic (exact) mass is 440 g/mol. The zero-order chi connectivity index (χ0) is 22.2. The highest BCUT2D eigenvalue weighted by Crippen LogP contribution is 2.52. The van der Waals surface area contributed by atoms with Crippen molar-refractivity contribution in [3.05, 3.63) is 64.0 Å². The number of non-ortho nitro benzene ring substituents is 1. The van der Waals surface area contributed by atoms with Crippen LogP contribution in [0.1, 0.15) is 5.56 Å². The predicted octanol–water partition coefficient (Wildman–Crippen LogP) is 2.89. The fraction of sp³-hybridized carbons (Fsp3) is 0.435. The first kappa shape index (κ1) is 20.8. The Balaban J connectivity index is 1.13. The van der Waals surface area contributed by atoms with Gasteiger partial charge in [-0.2, -0.15) is 0 Å². The van der Waals surface area contributed by atoms with Crippen LogP contribution in [-0.2, 0) is 16.1 Å². The first-order chi connectivity index (χ1) is 15.5. The fourth-order valence-electron chi connectivity index (χ4n) is 4.98. The largest absolute Gasteiger partial charge is 0.378 e. The normalized spacial score (nSPS) is 24.8. The van der Waals surface area contributed by atoms with E-state index in [9.17, 15) is 19.3 Å². The summed E-state index contributed by atoms with van der Waals surface area (Å²) in [5.74, 6) is 0.199. The van der Waals surface area contributed by atoms with Crippen molar-refractivity contribution in [3.8, 4) is 0 Å². The van der Waals surface area contributed by atoms with E-state index >= 15 is 0 Å². The molecule has 2 heterocycles. The number of hydrogen-bond acceptors (Lipinski definition) is 6. The van der Waals surface area contributed by atoms with Gasteiger partial charge in [0.05, 0.1) is 23.8 Å². The van der Waals surface area contributed by atoms with Crippen LogP contribution in [0.25, 0.3) is 0 Å². The molecule has 3 aliphatic rings. The number of anilines is 2. The lowest BCUT2D eigenvalue weighted by Crippen LogP contribution is -2.36. The number of fused-ring (bicyclic) bond motifs is 1. The van der Waals surface area contributed by atoms with Crippen LogP contribution in [0, 0.1) is 33.7 Å². The molecular weight excluding hydrogens is 415 g/mol. The second-order valence-electron chi connectivity index (χ2n) is 8.73. The van der Waals surface area contributed by atoms with Crippen LogP contribution in [-0.4, -0.2) is 55.1 Å². The van der Waals surface area contributed by atoms with Crippen molar-refractivity contribution in [2.24, 2.45) is 17.8 Å². The number of ether oxygens (including phenoxy) is 1. The third-order valence-corrected chi connectivity index (χ3v) is 6.69. The molecule has 2 unspecified atom stereocenters. The summed E-state index contributed by atoms with van der Waals surface area (Å²) in [5, 5.41) is 13.7. The summed E-state index contributed by atoms with van der Waals surface area (Å²) in [5.41, 5.74) is 2.13. The third kappa shape index (κ3) is 4.18. The topological polar surface area (TPSA) is 88.0 Å². The quantitative estimate of drug-likeness (QED) is 0.549. The average Bonchev–Trinajstić information content (AvgIpc) is 3.30. The van der Waals surface area contributed by atoms with Crippen molar-refractivity contribution in [1.82, 2.24) is 4.90 Å². The number of nitrogens with zero attached hydrogens (tertiary/aromatic N) is 3. The van der Waals surface area contributed by atoms with Gasteiger partial charge < -0.3 is 15.0 Å². The maximum Gasteiger partial charge on any atom is 0.269 e. The van der Waals surface area contributed by atoms with Gasteiger partial charge in [-0.15, -0.1) is 0 Å². The third-order valence-electron chi connectivity index (χ3n) is 6.69. The van der Waals surface area contributed by atoms with Crippen molar-refractivity contribution in [1.29, 1.82) is 0 Å². The van der Waals surface area contributed by atoms with Gasteiger partial charge in [0.15, 0.2) is 0 Å². The van der Waals surface area contributed by atoms with Crippen LogP contribution in [0.3, 0.4) is 0 Å². The molecule has 1 N–H and O–H groups in total. The van der Waals surface area contributed by atoms with Gasteiger partial charge in [0.1, 0.15) is 5.82 Å². The van der Waals surface area contributed by atoms with E-state index in [2.05, 4.69) is 10.2 Å². The lowest BCUT2D eigenvalue weighted by atomic mass is 10.1. The van der Waals surface area contributed by atoms with Gasteiger partial charge in [-0.1, -0.05) is 12.1 Å². The van der Waals surface area contributed by atoms with Gasteiger partial charge in [-0.25, -0.2) is 4.39 Å². The van der Waals surface area contributed by atoms with Crippen LogP contribution < -0.4 is 10.2 Å². The molecule has 2 aliphatic heterocycles. The van der Waals surface area contributed by atoms with E-state index in [1.807, 2.05) is 4.90 Å². The molecule has 2 aromatic carbocycles. The Morgan fingerprint density at radius 3 is 2.44 bits per heavy atom. The molecule has 168 valence electrons. The minimum absolute atomic E-state index is 0.0370. The molecule has 1 saturated carbocycles. The Hall–Kier alpha value is -3.04. The molecular formula is C23H25FN4O4. The predicted molar refractivity (Wildman–Crippen MR) is 117 cm³/mol. The Bertz CT molecular complexity index is 1010. The fourth-order valence-corrected chi connectivity index (χ4v) is 4.98. The highest BCUT2D eigenvalue weighted by molar-refractivity contribution is 5.95. The number of carbonyl (C=O) groups is 1. The van der Waals surface area contributed by atoms with E-state index in [0.717, 1.165) is 18.7 Å². The summed E-state index contributed by atoms with van der Waals surface area (Å²) in [4.78, 5) is 27.3. The molecule has 8 nitrogen and oxygen atoms in total. The van der Waals surface area contributed by atoms with Crippen LogP contribution >= 0.6 is 0 Å². The molecule has 3 fully saturated rings. The van der Waals surface area contributed by atoms with Crippen molar-refractivity contribution >= 4 is 23.0 Å². The summed E-state index contributed by atoms with van der Waals surface area (Å²) in [6, 6.07) is 11.5. The van der Waals surface area contributed by atoms with Crippen LogP contribution in [0.2, 0.25) is 0 Å². The van der Waals surface area contributed by atoms with Crippen molar-refractivity contribution in [2.75, 3.05) is 49.6 Å². The first-order valence-electron chi connectivity index (χ1n) is 10.9. The zero-order valence-corrected chi connectivity index (χ0v) is 17.6. The standard InChI is InChI=1S/C23H25FN4O4/c24-20-11-16(3-6-21(20)27-7-9-32-10-8-27)25-23(29)22-18-13-26(14-19(18)22)12-15-1-4-17(5-2-15)28(30)31/h1-6,11,18-19,22H,7-10,12-14H2,(H,25,29). The molecule has 2 saturated heterocycles. The second-order valence-corrected chi connectivity index (χ2v) is 8.73. The lowest BCUT2D eigenvalue weighted by Gasteiger charge is -2.29. The van der Waals surface area contributed by atoms with Crippen LogP contribution in [0.5, 0.6) is 0 Å². The van der Waals surface area contributed by atoms with E-state index in [4.69, 9.17) is 4.74 Å². The number of halogens is 1. The number of rotatable bonds is 6. The summed E-state index contributed by atoms with van der Waals surface area (Å²) < 4.78 is 19.9. The van der Waals surface area contributed by atoms with Gasteiger partial charge in [0.25, 0.3) is 5.69 Å². The van der Waals surface area contributed by atoms with E-state index in [-0.39, 0.29) is 23.3 Å². The number of nitrogens with one attached hydrogen (secondary N) is 1. The summed E-state index contributed by atoms with van der Waals surface area (Å²) in [6.07, 6.45) is 0. The maximum atomic E-state index is 14.6. The lowest BCUT2D eigenvalue weighted by molar-refractivity contribution is -0.384. The van der Waals surface area contributed by atoms with Gasteiger partial charge >= 0.3 is 0 Å². The number of likely N-dealkylation sites (tertiary alicyclic amines) is 1. The summed E-state index contributed by atoms with van der Waals surface area (Å²) >= 11 is 0. The number of hydrogen-bond donors (Lipinski definition) is 1. The number of morpholine rings is 1. The molecule has 1 aliphatic carbocycles. The molecule has 2 atom stereocenters. The van der Waals surface area contributed by atoms with E-state index < -0.39 is 4.92 Å². The number of nitro groups is 1. The average molecular weight is 440 g/mol. The van der Waals surface area contributed by atoms with Crippen LogP contribution in [0.15, 0.2) is 42.5 Å². The van der Waals surface area contributed by atoms with Crippen molar-refractivity contribution in [2.45, 2.75) is 6.54 Å². The number of amides is 1. The highest BCUT2D eigenvalue weighted by atomic mass is 19.1. The molecule has 0 radical (unpaired) electrons. The Morgan fingerprint density at radius 2 is 1.81 bits per heavy atom.